The molecule has 0 spiro atoms. The van der Waals surface area contributed by atoms with Crippen molar-refractivity contribution in [2.75, 3.05) is 26.3 Å². The fourth-order valence-electron chi connectivity index (χ4n) is 1.82. The summed E-state index contributed by atoms with van der Waals surface area (Å²) >= 11 is 3.54. The number of hydrogen-bond donors (Lipinski definition) is 2. The lowest BCUT2D eigenvalue weighted by Gasteiger charge is -2.35. The van der Waals surface area contributed by atoms with E-state index in [2.05, 4.69) is 41.6 Å². The minimum absolute atomic E-state index is 0.127. The van der Waals surface area contributed by atoms with E-state index in [0.29, 0.717) is 0 Å². The minimum Gasteiger partial charge on any atom is -0.396 e. The molecule has 3 nitrogen and oxygen atoms in total. The van der Waals surface area contributed by atoms with Gasteiger partial charge in [0, 0.05) is 41.9 Å². The Labute approximate surface area is 114 Å². The first-order valence-electron chi connectivity index (χ1n) is 6.20. The lowest BCUT2D eigenvalue weighted by atomic mass is 9.93. The summed E-state index contributed by atoms with van der Waals surface area (Å²) in [5.74, 6) is 0. The highest BCUT2D eigenvalue weighted by Crippen LogP contribution is 2.24. The number of aliphatic hydroxyl groups is 2. The highest BCUT2D eigenvalue weighted by Gasteiger charge is 2.22. The van der Waals surface area contributed by atoms with Crippen molar-refractivity contribution in [1.29, 1.82) is 0 Å². The van der Waals surface area contributed by atoms with Crippen molar-refractivity contribution in [2.24, 2.45) is 5.41 Å². The van der Waals surface area contributed by atoms with Crippen LogP contribution in [0.2, 0.25) is 0 Å². The van der Waals surface area contributed by atoms with Gasteiger partial charge in [0.15, 0.2) is 0 Å². The Morgan fingerprint density at radius 1 is 1.29 bits per heavy atom. The number of halogens is 1. The second-order valence-corrected chi connectivity index (χ2v) is 6.34. The van der Waals surface area contributed by atoms with Crippen molar-refractivity contribution in [3.63, 3.8) is 0 Å². The van der Waals surface area contributed by atoms with Gasteiger partial charge in [0.05, 0.1) is 0 Å². The first kappa shape index (κ1) is 16.9. The van der Waals surface area contributed by atoms with Crippen molar-refractivity contribution in [1.82, 2.24) is 4.90 Å². The lowest BCUT2D eigenvalue weighted by Crippen LogP contribution is -2.37. The van der Waals surface area contributed by atoms with Gasteiger partial charge in [-0.3, -0.25) is 0 Å². The molecule has 0 aliphatic rings. The summed E-state index contributed by atoms with van der Waals surface area (Å²) in [5, 5.41) is 18.3. The molecule has 0 aliphatic heterocycles. The van der Waals surface area contributed by atoms with Crippen LogP contribution in [0.15, 0.2) is 10.2 Å². The van der Waals surface area contributed by atoms with Gasteiger partial charge in [-0.15, -0.1) is 0 Å². The second kappa shape index (κ2) is 8.11. The van der Waals surface area contributed by atoms with Gasteiger partial charge in [-0.25, -0.2) is 0 Å². The summed E-state index contributed by atoms with van der Waals surface area (Å²) in [6.07, 6.45) is 1.70. The Morgan fingerprint density at radius 2 is 1.88 bits per heavy atom. The topological polar surface area (TPSA) is 43.7 Å². The van der Waals surface area contributed by atoms with E-state index in [1.807, 2.05) is 6.92 Å². The van der Waals surface area contributed by atoms with Crippen LogP contribution >= 0.6 is 15.9 Å². The van der Waals surface area contributed by atoms with Crippen LogP contribution in [-0.2, 0) is 0 Å². The Balaban J connectivity index is 4.81. The zero-order valence-corrected chi connectivity index (χ0v) is 13.0. The van der Waals surface area contributed by atoms with Crippen LogP contribution in [0.1, 0.15) is 40.5 Å². The number of hydrogen-bond acceptors (Lipinski definition) is 3. The van der Waals surface area contributed by atoms with E-state index in [4.69, 9.17) is 5.11 Å². The van der Waals surface area contributed by atoms with Gasteiger partial charge in [0.1, 0.15) is 0 Å². The molecule has 4 heteroatoms. The fourth-order valence-corrected chi connectivity index (χ4v) is 2.35. The predicted octanol–water partition coefficient (Wildman–Crippen LogP) is 2.73. The molecule has 0 radical (unpaired) electrons. The fraction of sp³-hybridized carbons (Fsp3) is 0.846. The number of rotatable bonds is 8. The molecule has 0 rings (SSSR count). The molecule has 0 aromatic carbocycles. The molecule has 0 aromatic rings. The van der Waals surface area contributed by atoms with Crippen molar-refractivity contribution in [2.45, 2.75) is 40.5 Å². The molecule has 0 atom stereocenters. The number of allylic oxidation sites excluding steroid dienone is 2. The average molecular weight is 308 g/mol. The molecule has 2 N–H and O–H groups in total. The van der Waals surface area contributed by atoms with Gasteiger partial charge in [0.25, 0.3) is 0 Å². The van der Waals surface area contributed by atoms with E-state index in [1.54, 1.807) is 0 Å². The van der Waals surface area contributed by atoms with Gasteiger partial charge in [-0.1, -0.05) is 36.7 Å². The molecule has 0 aliphatic carbocycles. The van der Waals surface area contributed by atoms with Crippen LogP contribution in [0.25, 0.3) is 0 Å². The Hall–Kier alpha value is -0.0600. The van der Waals surface area contributed by atoms with E-state index in [1.165, 1.54) is 5.70 Å². The maximum absolute atomic E-state index is 9.36. The Bertz CT molecular complexity index is 248. The Morgan fingerprint density at radius 3 is 2.24 bits per heavy atom. The largest absolute Gasteiger partial charge is 0.396 e. The number of nitrogens with zero attached hydrogens (tertiary/aromatic N) is 1. The molecule has 102 valence electrons. The Kier molecular flexibility index (Phi) is 8.09. The molecular formula is C13H26BrNO2. The summed E-state index contributed by atoms with van der Waals surface area (Å²) in [6, 6.07) is 0. The third-order valence-electron chi connectivity index (χ3n) is 2.75. The van der Waals surface area contributed by atoms with Crippen molar-refractivity contribution in [3.05, 3.63) is 10.2 Å². The zero-order chi connectivity index (χ0) is 13.5. The van der Waals surface area contributed by atoms with Gasteiger partial charge in [0.2, 0.25) is 0 Å². The maximum Gasteiger partial charge on any atom is 0.0499 e. The van der Waals surface area contributed by atoms with Crippen LogP contribution in [0.3, 0.4) is 0 Å². The highest BCUT2D eigenvalue weighted by atomic mass is 79.9. The van der Waals surface area contributed by atoms with E-state index in [-0.39, 0.29) is 18.6 Å². The SMILES string of the molecule is CC/C(=C(/C)Br)N(CCCO)CC(C)(C)CO. The molecule has 0 fully saturated rings. The van der Waals surface area contributed by atoms with E-state index in [0.717, 1.165) is 30.4 Å². The van der Waals surface area contributed by atoms with Crippen molar-refractivity contribution >= 4 is 15.9 Å². The molecule has 0 saturated carbocycles. The van der Waals surface area contributed by atoms with Gasteiger partial charge in [-0.2, -0.15) is 0 Å². The average Bonchev–Trinajstić information content (AvgIpc) is 2.25. The van der Waals surface area contributed by atoms with Crippen LogP contribution in [0.4, 0.5) is 0 Å². The van der Waals surface area contributed by atoms with Crippen molar-refractivity contribution < 1.29 is 10.2 Å². The zero-order valence-electron chi connectivity index (χ0n) is 11.5. The summed E-state index contributed by atoms with van der Waals surface area (Å²) in [7, 11) is 0. The number of aliphatic hydroxyl groups excluding tert-OH is 2. The third-order valence-corrected chi connectivity index (χ3v) is 3.21. The maximum atomic E-state index is 9.36. The van der Waals surface area contributed by atoms with Gasteiger partial charge < -0.3 is 15.1 Å². The van der Waals surface area contributed by atoms with Crippen LogP contribution in [0.5, 0.6) is 0 Å². The molecule has 0 saturated heterocycles. The molecule has 0 amide bonds. The molecule has 0 unspecified atom stereocenters. The van der Waals surface area contributed by atoms with E-state index < -0.39 is 0 Å². The summed E-state index contributed by atoms with van der Waals surface area (Å²) in [5.41, 5.74) is 1.12. The van der Waals surface area contributed by atoms with E-state index in [9.17, 15) is 5.11 Å². The minimum atomic E-state index is -0.127. The highest BCUT2D eigenvalue weighted by molar-refractivity contribution is 9.11. The monoisotopic (exact) mass is 307 g/mol. The van der Waals surface area contributed by atoms with Crippen LogP contribution in [0, 0.1) is 5.41 Å². The van der Waals surface area contributed by atoms with Crippen LogP contribution < -0.4 is 0 Å². The quantitative estimate of drug-likeness (QED) is 0.724. The van der Waals surface area contributed by atoms with Gasteiger partial charge in [-0.05, 0) is 19.8 Å². The summed E-state index contributed by atoms with van der Waals surface area (Å²) in [6.45, 7) is 10.3. The predicted molar refractivity (Wildman–Crippen MR) is 76.1 cm³/mol. The molecule has 0 bridgehead atoms. The van der Waals surface area contributed by atoms with E-state index >= 15 is 0 Å². The van der Waals surface area contributed by atoms with Gasteiger partial charge >= 0.3 is 0 Å². The first-order chi connectivity index (χ1) is 7.87. The smallest absolute Gasteiger partial charge is 0.0499 e. The lowest BCUT2D eigenvalue weighted by molar-refractivity contribution is 0.113. The normalized spacial score (nSPS) is 13.6. The van der Waals surface area contributed by atoms with Crippen LogP contribution in [-0.4, -0.2) is 41.4 Å². The van der Waals surface area contributed by atoms with Crippen molar-refractivity contribution in [3.8, 4) is 0 Å². The molecule has 0 heterocycles. The first-order valence-corrected chi connectivity index (χ1v) is 6.99. The third kappa shape index (κ3) is 6.43. The second-order valence-electron chi connectivity index (χ2n) is 5.15. The standard InChI is InChI=1S/C13H26BrNO2/c1-5-12(11(2)14)15(7-6-8-16)9-13(3,4)10-17/h16-17H,5-10H2,1-4H3/b12-11+. The molecule has 0 aromatic heterocycles. The summed E-state index contributed by atoms with van der Waals surface area (Å²) in [4.78, 5) is 2.26. The summed E-state index contributed by atoms with van der Waals surface area (Å²) < 4.78 is 1.13. The molecule has 17 heavy (non-hydrogen) atoms. The molecular weight excluding hydrogens is 282 g/mol.